The van der Waals surface area contributed by atoms with Crippen LogP contribution in [0.4, 0.5) is 13.2 Å². The molecule has 130 valence electrons. The van der Waals surface area contributed by atoms with Crippen molar-refractivity contribution in [2.75, 3.05) is 13.1 Å². The van der Waals surface area contributed by atoms with Crippen molar-refractivity contribution in [2.45, 2.75) is 44.3 Å². The van der Waals surface area contributed by atoms with Crippen molar-refractivity contribution in [2.24, 2.45) is 0 Å². The number of piperidine rings is 1. The molecule has 1 heterocycles. The van der Waals surface area contributed by atoms with Crippen LogP contribution in [-0.4, -0.2) is 25.0 Å². The number of halogens is 4. The maximum atomic E-state index is 13.0. The Hall–Kier alpha value is -1.27. The second kappa shape index (κ2) is 8.55. The van der Waals surface area contributed by atoms with Gasteiger partial charge in [0.05, 0.1) is 5.56 Å². The fourth-order valence-corrected chi connectivity index (χ4v) is 2.83. The summed E-state index contributed by atoms with van der Waals surface area (Å²) in [5.41, 5.74) is -0.485. The van der Waals surface area contributed by atoms with Crippen LogP contribution in [0.25, 0.3) is 0 Å². The molecule has 0 bridgehead atoms. The van der Waals surface area contributed by atoms with Crippen LogP contribution in [0.5, 0.6) is 0 Å². The second-order valence-electron chi connectivity index (χ2n) is 5.80. The first-order valence-corrected chi connectivity index (χ1v) is 7.54. The molecule has 1 aromatic rings. The summed E-state index contributed by atoms with van der Waals surface area (Å²) < 4.78 is 39.0. The number of rotatable bonds is 4. The van der Waals surface area contributed by atoms with Gasteiger partial charge < -0.3 is 10.6 Å². The second-order valence-corrected chi connectivity index (χ2v) is 5.80. The molecule has 3 nitrogen and oxygen atoms in total. The molecule has 7 heteroatoms. The third kappa shape index (κ3) is 5.70. The van der Waals surface area contributed by atoms with E-state index in [1.165, 1.54) is 12.1 Å². The van der Waals surface area contributed by atoms with Crippen molar-refractivity contribution in [1.29, 1.82) is 0 Å². The first-order chi connectivity index (χ1) is 10.4. The Morgan fingerprint density at radius 1 is 1.39 bits per heavy atom. The number of alkyl halides is 3. The highest BCUT2D eigenvalue weighted by atomic mass is 35.5. The van der Waals surface area contributed by atoms with Crippen LogP contribution in [0.2, 0.25) is 0 Å². The molecule has 1 aliphatic rings. The smallest absolute Gasteiger partial charge is 0.352 e. The molecule has 0 aliphatic carbocycles. The number of hydrogen-bond donors (Lipinski definition) is 2. The normalized spacial score (nSPS) is 19.6. The lowest BCUT2D eigenvalue weighted by Crippen LogP contribution is -2.45. The molecule has 1 aliphatic heterocycles. The zero-order valence-corrected chi connectivity index (χ0v) is 13.8. The Morgan fingerprint density at radius 2 is 2.09 bits per heavy atom. The highest BCUT2D eigenvalue weighted by Gasteiger charge is 2.34. The topological polar surface area (TPSA) is 41.1 Å². The highest BCUT2D eigenvalue weighted by Crippen LogP contribution is 2.35. The van der Waals surface area contributed by atoms with Gasteiger partial charge in [-0.05, 0) is 36.9 Å². The molecule has 0 saturated carbocycles. The predicted molar refractivity (Wildman–Crippen MR) is 85.8 cm³/mol. The largest absolute Gasteiger partial charge is 0.416 e. The SMILES string of the molecule is CC(CC(=O)NC1CCCNC1)c1ccccc1C(F)(F)F.Cl. The van der Waals surface area contributed by atoms with E-state index in [9.17, 15) is 18.0 Å². The van der Waals surface area contributed by atoms with Crippen molar-refractivity contribution < 1.29 is 18.0 Å². The van der Waals surface area contributed by atoms with Gasteiger partial charge in [0.2, 0.25) is 5.91 Å². The molecular weight excluding hydrogens is 329 g/mol. The van der Waals surface area contributed by atoms with Gasteiger partial charge in [-0.25, -0.2) is 0 Å². The highest BCUT2D eigenvalue weighted by molar-refractivity contribution is 5.85. The summed E-state index contributed by atoms with van der Waals surface area (Å²) in [5.74, 6) is -0.674. The molecule has 0 aromatic heterocycles. The molecular formula is C16H22ClF3N2O. The maximum absolute atomic E-state index is 13.0. The summed E-state index contributed by atoms with van der Waals surface area (Å²) >= 11 is 0. The van der Waals surface area contributed by atoms with Gasteiger partial charge in [0.15, 0.2) is 0 Å². The van der Waals surface area contributed by atoms with E-state index in [4.69, 9.17) is 0 Å². The Kier molecular flexibility index (Phi) is 7.35. The van der Waals surface area contributed by atoms with Gasteiger partial charge in [-0.15, -0.1) is 12.4 Å². The van der Waals surface area contributed by atoms with Crippen LogP contribution in [0.3, 0.4) is 0 Å². The summed E-state index contributed by atoms with van der Waals surface area (Å²) in [5, 5.41) is 6.09. The van der Waals surface area contributed by atoms with Gasteiger partial charge >= 0.3 is 6.18 Å². The summed E-state index contributed by atoms with van der Waals surface area (Å²) in [6.45, 7) is 3.32. The Labute approximate surface area is 140 Å². The molecule has 2 N–H and O–H groups in total. The zero-order valence-electron chi connectivity index (χ0n) is 13.0. The van der Waals surface area contributed by atoms with Crippen molar-refractivity contribution in [3.05, 3.63) is 35.4 Å². The molecule has 1 fully saturated rings. The lowest BCUT2D eigenvalue weighted by molar-refractivity contribution is -0.138. The van der Waals surface area contributed by atoms with E-state index in [-0.39, 0.29) is 36.3 Å². The third-order valence-electron chi connectivity index (χ3n) is 3.95. The summed E-state index contributed by atoms with van der Waals surface area (Å²) in [6, 6.07) is 5.53. The van der Waals surface area contributed by atoms with Crippen LogP contribution in [0, 0.1) is 0 Å². The van der Waals surface area contributed by atoms with Gasteiger partial charge in [0, 0.05) is 19.0 Å². The maximum Gasteiger partial charge on any atom is 0.416 e. The number of carbonyl (C=O) groups excluding carboxylic acids is 1. The van der Waals surface area contributed by atoms with E-state index in [0.717, 1.165) is 32.0 Å². The van der Waals surface area contributed by atoms with E-state index in [2.05, 4.69) is 10.6 Å². The van der Waals surface area contributed by atoms with Crippen LogP contribution in [0.1, 0.15) is 43.2 Å². The first kappa shape index (κ1) is 19.8. The van der Waals surface area contributed by atoms with E-state index in [0.29, 0.717) is 0 Å². The van der Waals surface area contributed by atoms with Crippen molar-refractivity contribution in [1.82, 2.24) is 10.6 Å². The van der Waals surface area contributed by atoms with Gasteiger partial charge in [-0.3, -0.25) is 4.79 Å². The quantitative estimate of drug-likeness (QED) is 0.872. The molecule has 0 spiro atoms. The van der Waals surface area contributed by atoms with E-state index < -0.39 is 17.7 Å². The fourth-order valence-electron chi connectivity index (χ4n) is 2.83. The van der Waals surface area contributed by atoms with E-state index >= 15 is 0 Å². The molecule has 2 unspecified atom stereocenters. The standard InChI is InChI=1S/C16H21F3N2O.ClH/c1-11(9-15(22)21-12-5-4-8-20-10-12)13-6-2-3-7-14(13)16(17,18)19;/h2-3,6-7,11-12,20H,4-5,8-10H2,1H3,(H,21,22);1H. The number of hydrogen-bond acceptors (Lipinski definition) is 2. The third-order valence-corrected chi connectivity index (χ3v) is 3.95. The Morgan fingerprint density at radius 3 is 2.70 bits per heavy atom. The minimum absolute atomic E-state index is 0. The first-order valence-electron chi connectivity index (χ1n) is 7.54. The Bertz CT molecular complexity index is 516. The summed E-state index contributed by atoms with van der Waals surface area (Å²) in [7, 11) is 0. The number of benzene rings is 1. The molecule has 1 aromatic carbocycles. The average molecular weight is 351 g/mol. The van der Waals surface area contributed by atoms with Crippen LogP contribution < -0.4 is 10.6 Å². The van der Waals surface area contributed by atoms with Crippen LogP contribution >= 0.6 is 12.4 Å². The van der Waals surface area contributed by atoms with Gasteiger partial charge in [0.1, 0.15) is 0 Å². The summed E-state index contributed by atoms with van der Waals surface area (Å²) in [4.78, 5) is 12.0. The van der Waals surface area contributed by atoms with Gasteiger partial charge in [0.25, 0.3) is 0 Å². The lowest BCUT2D eigenvalue weighted by atomic mass is 9.92. The molecule has 0 radical (unpaired) electrons. The number of amides is 1. The monoisotopic (exact) mass is 350 g/mol. The van der Waals surface area contributed by atoms with E-state index in [1.807, 2.05) is 0 Å². The fraction of sp³-hybridized carbons (Fsp3) is 0.562. The average Bonchev–Trinajstić information content (AvgIpc) is 2.47. The minimum Gasteiger partial charge on any atom is -0.352 e. The molecule has 1 amide bonds. The molecule has 2 atom stereocenters. The van der Waals surface area contributed by atoms with Crippen molar-refractivity contribution in [3.8, 4) is 0 Å². The van der Waals surface area contributed by atoms with Gasteiger partial charge in [-0.1, -0.05) is 25.1 Å². The number of nitrogens with one attached hydrogen (secondary N) is 2. The molecule has 23 heavy (non-hydrogen) atoms. The van der Waals surface area contributed by atoms with Crippen molar-refractivity contribution >= 4 is 18.3 Å². The molecule has 2 rings (SSSR count). The summed E-state index contributed by atoms with van der Waals surface area (Å²) in [6.07, 6.45) is -2.43. The predicted octanol–water partition coefficient (Wildman–Crippen LogP) is 3.49. The minimum atomic E-state index is -4.39. The molecule has 1 saturated heterocycles. The van der Waals surface area contributed by atoms with E-state index in [1.54, 1.807) is 13.0 Å². The Balaban J connectivity index is 0.00000264. The lowest BCUT2D eigenvalue weighted by Gasteiger charge is -2.25. The van der Waals surface area contributed by atoms with Crippen LogP contribution in [-0.2, 0) is 11.0 Å². The van der Waals surface area contributed by atoms with Gasteiger partial charge in [-0.2, -0.15) is 13.2 Å². The van der Waals surface area contributed by atoms with Crippen LogP contribution in [0.15, 0.2) is 24.3 Å². The number of carbonyl (C=O) groups is 1. The zero-order chi connectivity index (χ0) is 16.2. The van der Waals surface area contributed by atoms with Crippen molar-refractivity contribution in [3.63, 3.8) is 0 Å².